The number of aliphatic hydroxyl groups excluding tert-OH is 19. The first kappa shape index (κ1) is 92.7. The Morgan fingerprint density at radius 2 is 0.633 bits per heavy atom. The Morgan fingerprint density at radius 3 is 0.908 bits per heavy atom. The number of carbonyl (C=O) groups excluding carboxylic acids is 4. The van der Waals surface area contributed by atoms with Gasteiger partial charge in [-0.1, -0.05) is 0 Å². The lowest BCUT2D eigenvalue weighted by Gasteiger charge is -2.50. The summed E-state index contributed by atoms with van der Waals surface area (Å²) < 4.78 is 94.6. The normalized spacial score (nSPS) is 43.0. The Kier molecular flexibility index (Phi) is 38.0. The van der Waals surface area contributed by atoms with Crippen molar-refractivity contribution in [3.63, 3.8) is 0 Å². The van der Waals surface area contributed by atoms with Gasteiger partial charge in [0.15, 0.2) is 44.0 Å². The van der Waals surface area contributed by atoms with Gasteiger partial charge >= 0.3 is 0 Å². The fourth-order valence-corrected chi connectivity index (χ4v) is 15.9. The third-order valence-corrected chi connectivity index (χ3v) is 22.2. The van der Waals surface area contributed by atoms with Crippen LogP contribution < -0.4 is 16.0 Å². The summed E-state index contributed by atoms with van der Waals surface area (Å²) >= 11 is 10.2. The number of ether oxygens (including phenoxy) is 16. The Balaban J connectivity index is 1.09. The molecule has 0 saturated carbocycles. The van der Waals surface area contributed by atoms with Gasteiger partial charge in [0.2, 0.25) is 11.8 Å². The van der Waals surface area contributed by atoms with Gasteiger partial charge in [-0.05, 0) is 14.0 Å². The standard InChI is InChI=1S/C63H107N3O39S4/c1-23(72)3-7-90-9-10-91-8-4-25(73)13-24(55(88)65-5-11-106)19-108-21-32-53-39(79)46(86)62(97-32)102-51-30(17-70)93-59(42(82)35(51)75)101-50-29(16-69)96-61(45(85)38(50)78)105-54-33(22-109-20-26(64-2)56(89)66-6-12-107)98-63(47(87)40(54)80)103-52-31(18-71)94-58(43(83)36(52)76)99-48-27(14-67)92-57(41(81)34(48)74)100-49-28(15-68)95-60(104-53)44(84)37(49)77/h24,26-54,57-64,67-71,74-87,106-107H,3-22H2,1-2H3,(H,65,88)(H,66,89)/t24-,26-,27?,28?,29?,30?,31?,32?,33?,34-,35-,36-,37-,38-,39-,40-,41?,42?,43?,44?,45?,46?,47?,48-,49-,50-,51+,52-,53-,54-,57-,58-,59+,60-,61-,62-,63-/m1/s1. The maximum absolute atomic E-state index is 13.7. The zero-order valence-corrected chi connectivity index (χ0v) is 62.8. The summed E-state index contributed by atoms with van der Waals surface area (Å²) in [5.74, 6) is -2.89. The minimum Gasteiger partial charge on any atom is -0.394 e. The molecule has 0 aromatic carbocycles. The average molecular weight is 1660 g/mol. The number of rotatable bonds is 31. The van der Waals surface area contributed by atoms with Crippen LogP contribution in [0, 0.1) is 5.92 Å². The average Bonchev–Trinajstić information content (AvgIpc) is 0.804. The molecule has 14 unspecified atom stereocenters. The van der Waals surface area contributed by atoms with Crippen molar-refractivity contribution in [1.82, 2.24) is 16.0 Å². The molecule has 0 aromatic heterocycles. The molecule has 14 bridgehead atoms. The molecule has 0 radical (unpaired) electrons. The fraction of sp³-hybridized carbons (Fsp3) is 0.937. The number of ketones is 2. The second kappa shape index (κ2) is 44.7. The second-order valence-electron chi connectivity index (χ2n) is 27.1. The van der Waals surface area contributed by atoms with Gasteiger partial charge in [-0.2, -0.15) is 48.8 Å². The largest absolute Gasteiger partial charge is 0.394 e. The summed E-state index contributed by atoms with van der Waals surface area (Å²) in [7, 11) is 1.50. The van der Waals surface area contributed by atoms with Crippen molar-refractivity contribution >= 4 is 72.2 Å². The van der Waals surface area contributed by atoms with E-state index in [0.29, 0.717) is 5.75 Å². The molecule has 21 heterocycles. The number of hydrogen-bond donors (Lipinski definition) is 24. The van der Waals surface area contributed by atoms with Crippen LogP contribution in [0.25, 0.3) is 0 Å². The minimum absolute atomic E-state index is 0.0103. The fourth-order valence-electron chi connectivity index (χ4n) is 13.3. The third kappa shape index (κ3) is 23.6. The Labute approximate surface area is 644 Å². The zero-order valence-electron chi connectivity index (χ0n) is 59.4. The molecule has 0 aromatic rings. The molecule has 21 fully saturated rings. The number of carbonyl (C=O) groups is 4. The van der Waals surface area contributed by atoms with Gasteiger partial charge in [-0.25, -0.2) is 0 Å². The molecule has 0 aliphatic carbocycles. The van der Waals surface area contributed by atoms with Crippen molar-refractivity contribution in [3.8, 4) is 0 Å². The van der Waals surface area contributed by atoms with E-state index in [-0.39, 0.29) is 93.3 Å². The highest BCUT2D eigenvalue weighted by molar-refractivity contribution is 7.99. The van der Waals surface area contributed by atoms with Crippen LogP contribution in [0.1, 0.15) is 26.2 Å². The third-order valence-electron chi connectivity index (χ3n) is 19.4. The van der Waals surface area contributed by atoms with E-state index < -0.39 is 278 Å². The molecular weight excluding hydrogens is 1550 g/mol. The molecule has 21 rings (SSSR count). The van der Waals surface area contributed by atoms with Crippen molar-refractivity contribution in [2.75, 3.05) is 114 Å². The molecule has 37 atom stereocenters. The molecule has 22 N–H and O–H groups in total. The highest BCUT2D eigenvalue weighted by Crippen LogP contribution is 2.40. The highest BCUT2D eigenvalue weighted by Gasteiger charge is 2.60. The lowest BCUT2D eigenvalue weighted by molar-refractivity contribution is -0.395. The molecule has 632 valence electrons. The molecular formula is C63H107N3O39S4. The lowest BCUT2D eigenvalue weighted by Crippen LogP contribution is -2.68. The predicted molar refractivity (Wildman–Crippen MR) is 370 cm³/mol. The Hall–Kier alpha value is -1.76. The molecule has 21 aliphatic heterocycles. The maximum Gasteiger partial charge on any atom is 0.238 e. The van der Waals surface area contributed by atoms with Gasteiger partial charge in [0.25, 0.3) is 0 Å². The summed E-state index contributed by atoms with van der Waals surface area (Å²) in [6, 6.07) is -0.860. The molecule has 42 nitrogen and oxygen atoms in total. The SMILES string of the molecule is CN[C@H](CSCC1O[C@@H]2O[C@@H]3C(CO)O[C@H](O[C@@H]4C(CO)O[C@H](O[C@@H]5C(CO)O[C@H](O[C@@H]6C(CSC[C@@H](CC(=O)CCOCCOCCC(C)=O)C(=O)NCCS)O[C@H](O[C@H]7C(CO)O[C@@H](O[C@@H]8C(CO)O[C@H](O[C@H]1[C@H](O)C2O)C(O)[C@H]8O)C(O)[C@H]7O)C(O)[C@H]6O)C(O)[C@H]5O)C(O)[C@H]4O)C(O)[C@H]3O)C(=O)NCCS. The van der Waals surface area contributed by atoms with E-state index >= 15 is 0 Å². The number of Topliss-reactive ketones (excluding diaryl/α,β-unsaturated/α-hetero) is 2. The molecule has 21 saturated heterocycles. The summed E-state index contributed by atoms with van der Waals surface area (Å²) in [6.45, 7) is -3.37. The van der Waals surface area contributed by atoms with Crippen LogP contribution in [0.2, 0.25) is 0 Å². The first-order chi connectivity index (χ1) is 52.1. The van der Waals surface area contributed by atoms with E-state index in [2.05, 4.69) is 41.2 Å². The summed E-state index contributed by atoms with van der Waals surface area (Å²) in [6.07, 6.45) is -72.0. The van der Waals surface area contributed by atoms with Crippen molar-refractivity contribution < 1.29 is 192 Å². The zero-order chi connectivity index (χ0) is 79.7. The number of nitrogens with one attached hydrogen (secondary N) is 3. The van der Waals surface area contributed by atoms with Crippen LogP contribution >= 0.6 is 48.8 Å². The predicted octanol–water partition coefficient (Wildman–Crippen LogP) is -13.1. The molecule has 21 aliphatic rings. The van der Waals surface area contributed by atoms with Gasteiger partial charge in [-0.3, -0.25) is 19.2 Å². The van der Waals surface area contributed by atoms with E-state index in [4.69, 9.17) is 75.8 Å². The molecule has 2 amide bonds. The van der Waals surface area contributed by atoms with Gasteiger partial charge in [0.1, 0.15) is 170 Å². The van der Waals surface area contributed by atoms with E-state index in [1.165, 1.54) is 14.0 Å². The number of thiol groups is 2. The van der Waals surface area contributed by atoms with Gasteiger partial charge < -0.3 is 189 Å². The monoisotopic (exact) mass is 1660 g/mol. The van der Waals surface area contributed by atoms with E-state index in [0.717, 1.165) is 23.5 Å². The van der Waals surface area contributed by atoms with Crippen molar-refractivity contribution in [2.45, 2.75) is 247 Å². The highest BCUT2D eigenvalue weighted by atomic mass is 32.2. The topological polar surface area (TPSA) is 636 Å². The quantitative estimate of drug-likeness (QED) is 0.0226. The molecule has 109 heavy (non-hydrogen) atoms. The number of aliphatic hydroxyl groups is 19. The minimum atomic E-state index is -2.29. The van der Waals surface area contributed by atoms with Crippen molar-refractivity contribution in [1.29, 1.82) is 0 Å². The van der Waals surface area contributed by atoms with Crippen molar-refractivity contribution in [3.05, 3.63) is 0 Å². The molecule has 0 spiro atoms. The van der Waals surface area contributed by atoms with Crippen LogP contribution in [0.5, 0.6) is 0 Å². The van der Waals surface area contributed by atoms with E-state index in [1.807, 2.05) is 0 Å². The Morgan fingerprint density at radius 1 is 0.367 bits per heavy atom. The smallest absolute Gasteiger partial charge is 0.238 e. The van der Waals surface area contributed by atoms with Crippen LogP contribution in [0.15, 0.2) is 0 Å². The number of thioether (sulfide) groups is 2. The lowest BCUT2D eigenvalue weighted by atomic mass is 9.95. The van der Waals surface area contributed by atoms with Gasteiger partial charge in [0.05, 0.1) is 83.6 Å². The van der Waals surface area contributed by atoms with Crippen LogP contribution in [0.4, 0.5) is 0 Å². The number of likely N-dealkylation sites (N-methyl/N-ethyl adjacent to an activating group) is 1. The van der Waals surface area contributed by atoms with Gasteiger partial charge in [0, 0.05) is 66.9 Å². The Bertz CT molecular complexity index is 2740. The second-order valence-corrected chi connectivity index (χ2v) is 30.1. The summed E-state index contributed by atoms with van der Waals surface area (Å²) in [4.78, 5) is 51.3. The molecule has 46 heteroatoms. The summed E-state index contributed by atoms with van der Waals surface area (Å²) in [5, 5.41) is 227. The first-order valence-corrected chi connectivity index (χ1v) is 39.2. The van der Waals surface area contributed by atoms with E-state index in [1.54, 1.807) is 0 Å². The van der Waals surface area contributed by atoms with Crippen LogP contribution in [-0.2, 0) is 95.0 Å². The van der Waals surface area contributed by atoms with Crippen LogP contribution in [-0.4, -0.2) is 456 Å². The van der Waals surface area contributed by atoms with Crippen LogP contribution in [0.3, 0.4) is 0 Å². The maximum atomic E-state index is 13.7. The number of hydrogen-bond acceptors (Lipinski definition) is 44. The summed E-state index contributed by atoms with van der Waals surface area (Å²) in [5.41, 5.74) is 0. The van der Waals surface area contributed by atoms with Crippen molar-refractivity contribution in [2.24, 2.45) is 5.92 Å². The first-order valence-electron chi connectivity index (χ1n) is 35.6. The van der Waals surface area contributed by atoms with Gasteiger partial charge in [-0.15, -0.1) is 0 Å². The van der Waals surface area contributed by atoms with E-state index in [9.17, 15) is 116 Å². The number of amides is 2.